The van der Waals surface area contributed by atoms with Gasteiger partial charge in [0.1, 0.15) is 0 Å². The molecule has 0 saturated carbocycles. The summed E-state index contributed by atoms with van der Waals surface area (Å²) in [5.41, 5.74) is 0. The van der Waals surface area contributed by atoms with Gasteiger partial charge in [0.25, 0.3) is 0 Å². The second-order valence-electron chi connectivity index (χ2n) is 0.764. The Hall–Kier alpha value is 0.460. The van der Waals surface area contributed by atoms with Crippen LogP contribution in [0.25, 0.3) is 0 Å². The zero-order chi connectivity index (χ0) is 4.41. The summed E-state index contributed by atoms with van der Waals surface area (Å²) >= 11 is 4.84. The third kappa shape index (κ3) is 0.959. The molecule has 1 unspecified atom stereocenters. The first-order chi connectivity index (χ1) is 2.89. The van der Waals surface area contributed by atoms with Crippen molar-refractivity contribution in [1.29, 1.82) is 0 Å². The van der Waals surface area contributed by atoms with E-state index in [1.807, 2.05) is 11.6 Å². The SMILES string of the molecule is S=S1C=CNS1. The lowest BCUT2D eigenvalue weighted by Gasteiger charge is -1.80. The van der Waals surface area contributed by atoms with Gasteiger partial charge in [0, 0.05) is 22.6 Å². The van der Waals surface area contributed by atoms with E-state index < -0.39 is 0 Å². The summed E-state index contributed by atoms with van der Waals surface area (Å²) in [5.74, 6) is 0. The van der Waals surface area contributed by atoms with Gasteiger partial charge in [0.15, 0.2) is 0 Å². The van der Waals surface area contributed by atoms with E-state index in [-0.39, 0.29) is 8.49 Å². The van der Waals surface area contributed by atoms with Crippen molar-refractivity contribution >= 4 is 30.7 Å². The Balaban J connectivity index is 2.59. The first-order valence-corrected chi connectivity index (χ1v) is 4.94. The van der Waals surface area contributed by atoms with Crippen LogP contribution in [0.2, 0.25) is 0 Å². The first-order valence-electron chi connectivity index (χ1n) is 1.40. The minimum Gasteiger partial charge on any atom is -0.326 e. The second-order valence-corrected chi connectivity index (χ2v) is 5.25. The molecule has 1 N–H and O–H groups in total. The van der Waals surface area contributed by atoms with Crippen molar-refractivity contribution in [2.75, 3.05) is 0 Å². The van der Waals surface area contributed by atoms with E-state index in [4.69, 9.17) is 11.2 Å². The average molecular weight is 137 g/mol. The van der Waals surface area contributed by atoms with Crippen LogP contribution in [0.15, 0.2) is 11.6 Å². The maximum Gasteiger partial charge on any atom is 0.0270 e. The second kappa shape index (κ2) is 1.95. The minimum atomic E-state index is 0.0355. The summed E-state index contributed by atoms with van der Waals surface area (Å²) in [4.78, 5) is 0. The molecule has 0 radical (unpaired) electrons. The topological polar surface area (TPSA) is 12.0 Å². The molecule has 0 fully saturated rings. The van der Waals surface area contributed by atoms with E-state index in [9.17, 15) is 0 Å². The number of nitrogens with one attached hydrogen (secondary N) is 1. The van der Waals surface area contributed by atoms with Crippen molar-refractivity contribution in [2.24, 2.45) is 0 Å². The predicted octanol–water partition coefficient (Wildman–Crippen LogP) is 0.704. The molecule has 0 bridgehead atoms. The van der Waals surface area contributed by atoms with Crippen molar-refractivity contribution in [1.82, 2.24) is 4.72 Å². The maximum absolute atomic E-state index is 4.84. The largest absolute Gasteiger partial charge is 0.326 e. The fourth-order valence-electron chi connectivity index (χ4n) is 0.186. The summed E-state index contributed by atoms with van der Waals surface area (Å²) in [6, 6.07) is 0. The summed E-state index contributed by atoms with van der Waals surface area (Å²) < 4.78 is 2.92. The molecule has 0 amide bonds. The third-order valence-corrected chi connectivity index (χ3v) is 3.19. The summed E-state index contributed by atoms with van der Waals surface area (Å²) in [7, 11) is 1.61. The molecule has 1 rings (SSSR count). The van der Waals surface area contributed by atoms with Crippen LogP contribution < -0.4 is 4.72 Å². The third-order valence-electron chi connectivity index (χ3n) is 0.377. The molecule has 0 aromatic rings. The van der Waals surface area contributed by atoms with Gasteiger partial charge < -0.3 is 4.72 Å². The Kier molecular flexibility index (Phi) is 1.50. The summed E-state index contributed by atoms with van der Waals surface area (Å²) in [5, 5.41) is 1.97. The van der Waals surface area contributed by atoms with Crippen LogP contribution in [0, 0.1) is 0 Å². The van der Waals surface area contributed by atoms with Crippen LogP contribution in [-0.4, -0.2) is 0 Å². The summed E-state index contributed by atoms with van der Waals surface area (Å²) in [6.45, 7) is 0. The lowest BCUT2D eigenvalue weighted by molar-refractivity contribution is 1.46. The lowest BCUT2D eigenvalue weighted by Crippen LogP contribution is -1.79. The smallest absolute Gasteiger partial charge is 0.0270 e. The molecular formula is C2H3NS3. The normalized spacial score (nSPS) is 30.3. The zero-order valence-corrected chi connectivity index (χ0v) is 5.33. The van der Waals surface area contributed by atoms with Gasteiger partial charge in [-0.1, -0.05) is 0 Å². The van der Waals surface area contributed by atoms with Crippen molar-refractivity contribution in [3.8, 4) is 0 Å². The highest BCUT2D eigenvalue weighted by atomic mass is 33.3. The minimum absolute atomic E-state index is 0.0355. The number of hydrogen-bond acceptors (Lipinski definition) is 3. The molecule has 1 heterocycles. The fraction of sp³-hybridized carbons (Fsp3) is 0. The standard InChI is InChI=1S/C2H3NS3/c4-6-2-1-3-5-6/h1-3H. The van der Waals surface area contributed by atoms with Crippen molar-refractivity contribution in [2.45, 2.75) is 0 Å². The molecule has 1 nitrogen and oxygen atoms in total. The monoisotopic (exact) mass is 137 g/mol. The Morgan fingerprint density at radius 1 is 1.83 bits per heavy atom. The van der Waals surface area contributed by atoms with E-state index in [0.717, 1.165) is 0 Å². The van der Waals surface area contributed by atoms with Gasteiger partial charge in [-0.2, -0.15) is 0 Å². The Bertz CT molecular complexity index is 97.0. The molecule has 34 valence electrons. The molecule has 0 spiro atoms. The molecule has 1 aliphatic rings. The highest BCUT2D eigenvalue weighted by Gasteiger charge is 1.91. The van der Waals surface area contributed by atoms with Crippen LogP contribution in [0.4, 0.5) is 0 Å². The van der Waals surface area contributed by atoms with Crippen LogP contribution in [-0.2, 0) is 19.7 Å². The maximum atomic E-state index is 4.84. The molecular weight excluding hydrogens is 134 g/mol. The lowest BCUT2D eigenvalue weighted by atomic mass is 11.1. The van der Waals surface area contributed by atoms with E-state index in [1.165, 1.54) is 0 Å². The Morgan fingerprint density at radius 2 is 2.67 bits per heavy atom. The van der Waals surface area contributed by atoms with Crippen LogP contribution in [0.3, 0.4) is 0 Å². The molecule has 1 aliphatic heterocycles. The Morgan fingerprint density at radius 3 is 2.83 bits per heavy atom. The van der Waals surface area contributed by atoms with Gasteiger partial charge >= 0.3 is 0 Å². The van der Waals surface area contributed by atoms with E-state index in [2.05, 4.69) is 4.72 Å². The fourth-order valence-corrected chi connectivity index (χ4v) is 2.03. The van der Waals surface area contributed by atoms with Crippen LogP contribution >= 0.6 is 11.0 Å². The number of hydrogen-bond donors (Lipinski definition) is 1. The van der Waals surface area contributed by atoms with Crippen molar-refractivity contribution < 1.29 is 0 Å². The Labute approximate surface area is 47.3 Å². The molecule has 0 aromatic carbocycles. The van der Waals surface area contributed by atoms with Crippen LogP contribution in [0.1, 0.15) is 0 Å². The molecule has 6 heavy (non-hydrogen) atoms. The molecule has 0 aliphatic carbocycles. The highest BCUT2D eigenvalue weighted by Crippen LogP contribution is 2.09. The molecule has 1 atom stereocenters. The number of rotatable bonds is 0. The molecule has 4 heteroatoms. The average Bonchev–Trinajstić information content (AvgIpc) is 1.86. The van der Waals surface area contributed by atoms with Gasteiger partial charge in [-0.15, -0.1) is 0 Å². The van der Waals surface area contributed by atoms with Crippen molar-refractivity contribution in [3.05, 3.63) is 11.6 Å². The quantitative estimate of drug-likeness (QED) is 0.390. The van der Waals surface area contributed by atoms with Gasteiger partial charge in [-0.3, -0.25) is 0 Å². The first kappa shape index (κ1) is 4.61. The highest BCUT2D eigenvalue weighted by molar-refractivity contribution is 8.83. The zero-order valence-electron chi connectivity index (χ0n) is 2.88. The van der Waals surface area contributed by atoms with Gasteiger partial charge in [0.05, 0.1) is 0 Å². The summed E-state index contributed by atoms with van der Waals surface area (Å²) in [6.07, 6.45) is 1.88. The van der Waals surface area contributed by atoms with E-state index >= 15 is 0 Å². The molecule has 0 saturated heterocycles. The van der Waals surface area contributed by atoms with Crippen molar-refractivity contribution in [3.63, 3.8) is 0 Å². The van der Waals surface area contributed by atoms with Gasteiger partial charge in [-0.25, -0.2) is 0 Å². The molecule has 0 aromatic heterocycles. The van der Waals surface area contributed by atoms with Gasteiger partial charge in [0.2, 0.25) is 0 Å². The van der Waals surface area contributed by atoms with Gasteiger partial charge in [-0.05, 0) is 19.7 Å². The van der Waals surface area contributed by atoms with E-state index in [0.29, 0.717) is 0 Å². The predicted molar refractivity (Wildman–Crippen MR) is 34.6 cm³/mol. The van der Waals surface area contributed by atoms with Crippen LogP contribution in [0.5, 0.6) is 0 Å². The van der Waals surface area contributed by atoms with E-state index in [1.54, 1.807) is 11.0 Å².